The molecule has 29 heavy (non-hydrogen) atoms. The van der Waals surface area contributed by atoms with E-state index in [0.29, 0.717) is 17.1 Å². The van der Waals surface area contributed by atoms with E-state index >= 15 is 0 Å². The summed E-state index contributed by atoms with van der Waals surface area (Å²) in [4.78, 5) is 35.6. The molecule has 0 atom stereocenters. The van der Waals surface area contributed by atoms with Crippen molar-refractivity contribution in [3.63, 3.8) is 0 Å². The quantitative estimate of drug-likeness (QED) is 0.258. The van der Waals surface area contributed by atoms with Crippen molar-refractivity contribution in [2.24, 2.45) is 0 Å². The van der Waals surface area contributed by atoms with E-state index in [9.17, 15) is 19.5 Å². The molecule has 0 bridgehead atoms. The fourth-order valence-electron chi connectivity index (χ4n) is 2.71. The minimum absolute atomic E-state index is 0. The van der Waals surface area contributed by atoms with Crippen molar-refractivity contribution in [2.75, 3.05) is 16.9 Å². The summed E-state index contributed by atoms with van der Waals surface area (Å²) in [5.41, 5.74) is 4.75. The molecule has 144 valence electrons. The van der Waals surface area contributed by atoms with Crippen LogP contribution >= 0.6 is 0 Å². The number of aryl methyl sites for hydroxylation is 2. The first kappa shape index (κ1) is 22.5. The first-order valence-electron chi connectivity index (χ1n) is 8.46. The average molecular weight is 403 g/mol. The number of nitrogens with one attached hydrogen (secondary N) is 2. The second-order valence-electron chi connectivity index (χ2n) is 6.27. The Morgan fingerprint density at radius 2 is 1.86 bits per heavy atom. The molecule has 3 rings (SSSR count). The number of nitrogens with zero attached hydrogens (tertiary/aromatic N) is 1. The summed E-state index contributed by atoms with van der Waals surface area (Å²) in [6.45, 7) is 3.74. The Labute approximate surface area is 189 Å². The number of ether oxygens (including phenoxy) is 1. The second-order valence-corrected chi connectivity index (χ2v) is 6.27. The maximum absolute atomic E-state index is 12.1. The van der Waals surface area contributed by atoms with Crippen LogP contribution in [0, 0.1) is 13.8 Å². The van der Waals surface area contributed by atoms with Crippen LogP contribution in [0.2, 0.25) is 0 Å². The molecule has 2 aromatic carbocycles. The van der Waals surface area contributed by atoms with E-state index in [-0.39, 0.29) is 48.3 Å². The smallest absolute Gasteiger partial charge is 0.877 e. The summed E-state index contributed by atoms with van der Waals surface area (Å²) in [5.74, 6) is -1.17. The van der Waals surface area contributed by atoms with E-state index < -0.39 is 17.4 Å². The molecule has 3 amide bonds. The predicted octanol–water partition coefficient (Wildman–Crippen LogP) is -2.05. The molecule has 0 spiro atoms. The van der Waals surface area contributed by atoms with Crippen LogP contribution in [0.5, 0.6) is 5.75 Å². The number of benzene rings is 2. The number of anilines is 2. The zero-order chi connectivity index (χ0) is 20.3. The Hall–Kier alpha value is -2.81. The first-order chi connectivity index (χ1) is 13.4. The van der Waals surface area contributed by atoms with E-state index in [4.69, 9.17) is 4.74 Å². The van der Waals surface area contributed by atoms with E-state index in [2.05, 4.69) is 10.7 Å². The minimum atomic E-state index is -0.749. The Balaban J connectivity index is 0.00000300. The first-order valence-corrected chi connectivity index (χ1v) is 8.46. The van der Waals surface area contributed by atoms with E-state index in [1.54, 1.807) is 12.1 Å². The normalized spacial score (nSPS) is 14.4. The predicted molar refractivity (Wildman–Crippen MR) is 100 cm³/mol. The molecule has 1 aliphatic rings. The number of carbonyl (C=O) groups excluding carboxylic acids is 3. The van der Waals surface area contributed by atoms with Gasteiger partial charge in [0.25, 0.3) is 17.7 Å². The summed E-state index contributed by atoms with van der Waals surface area (Å²) in [5, 5.41) is 14.4. The van der Waals surface area contributed by atoms with Crippen LogP contribution in [0.15, 0.2) is 54.3 Å². The topological polar surface area (TPSA) is 111 Å². The number of amides is 3. The summed E-state index contributed by atoms with van der Waals surface area (Å²) in [6, 6.07) is 11.9. The maximum Gasteiger partial charge on any atom is 1.00 e. The maximum atomic E-state index is 12.1. The zero-order valence-corrected chi connectivity index (χ0v) is 18.3. The van der Waals surface area contributed by atoms with Crippen LogP contribution in [-0.4, -0.2) is 24.3 Å². The molecule has 9 heteroatoms. The monoisotopic (exact) mass is 403 g/mol. The third-order valence-corrected chi connectivity index (χ3v) is 4.11. The summed E-state index contributed by atoms with van der Waals surface area (Å²) >= 11 is 0. The van der Waals surface area contributed by atoms with Gasteiger partial charge >= 0.3 is 29.6 Å². The van der Waals surface area contributed by atoms with E-state index in [1.807, 2.05) is 32.0 Å². The molecule has 0 aliphatic carbocycles. The third kappa shape index (κ3) is 5.17. The summed E-state index contributed by atoms with van der Waals surface area (Å²) < 4.78 is 5.53. The van der Waals surface area contributed by atoms with Gasteiger partial charge in [-0.15, -0.1) is 6.26 Å². The number of carbonyl (C=O) groups is 3. The van der Waals surface area contributed by atoms with Gasteiger partial charge in [-0.25, -0.2) is 5.01 Å². The van der Waals surface area contributed by atoms with Crippen molar-refractivity contribution in [1.29, 1.82) is 0 Å². The Morgan fingerprint density at radius 3 is 2.45 bits per heavy atom. The number of hydrazine groups is 1. The fraction of sp³-hybridized carbons (Fsp3) is 0.150. The number of hydrogen-bond acceptors (Lipinski definition) is 5. The van der Waals surface area contributed by atoms with E-state index in [0.717, 1.165) is 16.1 Å². The van der Waals surface area contributed by atoms with Crippen LogP contribution < -0.4 is 55.2 Å². The minimum Gasteiger partial charge on any atom is -0.877 e. The van der Waals surface area contributed by atoms with Gasteiger partial charge in [-0.3, -0.25) is 19.8 Å². The average Bonchev–Trinajstić information content (AvgIpc) is 2.95. The fourth-order valence-corrected chi connectivity index (χ4v) is 2.71. The molecule has 0 saturated carbocycles. The van der Waals surface area contributed by atoms with Crippen molar-refractivity contribution in [2.45, 2.75) is 13.8 Å². The van der Waals surface area contributed by atoms with Crippen LogP contribution in [0.1, 0.15) is 11.1 Å². The van der Waals surface area contributed by atoms with Gasteiger partial charge in [-0.1, -0.05) is 17.7 Å². The third-order valence-electron chi connectivity index (χ3n) is 4.11. The largest absolute Gasteiger partial charge is 1.00 e. The van der Waals surface area contributed by atoms with Gasteiger partial charge in [0.1, 0.15) is 5.75 Å². The van der Waals surface area contributed by atoms with Crippen molar-refractivity contribution in [3.8, 4) is 5.75 Å². The molecular weight excluding hydrogens is 385 g/mol. The Kier molecular flexibility index (Phi) is 7.44. The van der Waals surface area contributed by atoms with Gasteiger partial charge in [0.05, 0.1) is 11.3 Å². The van der Waals surface area contributed by atoms with Crippen molar-refractivity contribution in [1.82, 2.24) is 5.43 Å². The molecule has 8 nitrogen and oxygen atoms in total. The van der Waals surface area contributed by atoms with Crippen molar-refractivity contribution >= 4 is 29.1 Å². The van der Waals surface area contributed by atoms with Crippen LogP contribution in [0.4, 0.5) is 11.4 Å². The van der Waals surface area contributed by atoms with Crippen molar-refractivity contribution in [3.05, 3.63) is 65.4 Å². The molecule has 1 aliphatic heterocycles. The van der Waals surface area contributed by atoms with Gasteiger partial charge in [-0.2, -0.15) is 0 Å². The molecule has 0 aromatic heterocycles. The molecular formula is C20H18N3NaO5. The zero-order valence-electron chi connectivity index (χ0n) is 16.3. The Morgan fingerprint density at radius 1 is 1.17 bits per heavy atom. The Bertz CT molecular complexity index is 973. The number of hydrogen-bond donors (Lipinski definition) is 2. The van der Waals surface area contributed by atoms with E-state index in [1.165, 1.54) is 12.1 Å². The second kappa shape index (κ2) is 9.60. The summed E-state index contributed by atoms with van der Waals surface area (Å²) in [7, 11) is 0. The molecule has 0 unspecified atom stereocenters. The standard InChI is InChI=1S/C20H19N3O5.Na/c1-12-3-8-17(13(2)9-12)28-11-18(25)21-14-4-6-15(7-5-14)23-20(27)16(10-24)19(26)22-23;/h3-10,24H,11H2,1-2H3,(H,21,25)(H,22,26);/q;+1/p-1/b16-10+;. The van der Waals surface area contributed by atoms with Gasteiger partial charge in [0.2, 0.25) is 0 Å². The van der Waals surface area contributed by atoms with Gasteiger partial charge in [0, 0.05) is 5.69 Å². The summed E-state index contributed by atoms with van der Waals surface area (Å²) in [6.07, 6.45) is 0.224. The number of rotatable bonds is 5. The molecule has 2 aromatic rings. The van der Waals surface area contributed by atoms with Crippen LogP contribution in [-0.2, 0) is 14.4 Å². The van der Waals surface area contributed by atoms with Gasteiger partial charge < -0.3 is 15.2 Å². The molecule has 1 saturated heterocycles. The molecule has 1 fully saturated rings. The van der Waals surface area contributed by atoms with Crippen LogP contribution in [0.25, 0.3) is 0 Å². The van der Waals surface area contributed by atoms with Crippen LogP contribution in [0.3, 0.4) is 0 Å². The molecule has 2 N–H and O–H groups in total. The SMILES string of the molecule is Cc1ccc(OCC(=O)Nc2ccc(N3NC(=O)/C(=C\[O-])C3=O)cc2)c(C)c1.[Na+]. The van der Waals surface area contributed by atoms with Gasteiger partial charge in [-0.05, 0) is 49.7 Å². The molecule has 1 heterocycles. The van der Waals surface area contributed by atoms with Crippen molar-refractivity contribution < 1.29 is 53.8 Å². The van der Waals surface area contributed by atoms with Gasteiger partial charge in [0.15, 0.2) is 6.61 Å². The molecule has 0 radical (unpaired) electrons.